The van der Waals surface area contributed by atoms with Crippen LogP contribution in [0.15, 0.2) is 36.7 Å². The number of halogens is 1. The van der Waals surface area contributed by atoms with Crippen molar-refractivity contribution >= 4 is 58.4 Å². The highest BCUT2D eigenvalue weighted by atomic mass is 127. The van der Waals surface area contributed by atoms with E-state index in [-0.39, 0.29) is 11.9 Å². The van der Waals surface area contributed by atoms with Gasteiger partial charge in [-0.3, -0.25) is 8.77 Å². The highest BCUT2D eigenvalue weighted by Gasteiger charge is 2.20. The van der Waals surface area contributed by atoms with Crippen LogP contribution in [-0.4, -0.2) is 40.5 Å². The van der Waals surface area contributed by atoms with Crippen molar-refractivity contribution < 1.29 is 9.53 Å². The normalized spacial score (nSPS) is 18.8. The lowest BCUT2D eigenvalue weighted by Gasteiger charge is -2.32. The molecule has 26 heavy (non-hydrogen) atoms. The Hall–Kier alpha value is -1.32. The van der Waals surface area contributed by atoms with E-state index in [1.54, 1.807) is 22.1 Å². The molecular formula is C19H22IN3O2S. The van der Waals surface area contributed by atoms with E-state index in [1.165, 1.54) is 0 Å². The number of anilines is 1. The summed E-state index contributed by atoms with van der Waals surface area (Å²) in [6, 6.07) is 2.18. The monoisotopic (exact) mass is 483 g/mol. The molecule has 1 aliphatic rings. The fourth-order valence-corrected chi connectivity index (χ4v) is 4.45. The Balaban J connectivity index is 2.13. The summed E-state index contributed by atoms with van der Waals surface area (Å²) in [4.78, 5) is 18.7. The largest absolute Gasteiger partial charge is 0.375 e. The number of nitrogens with zero attached hydrogens (tertiary/aromatic N) is 3. The minimum Gasteiger partial charge on any atom is -0.375 e. The SMILES string of the molecule is C/C=C\C(=C/C(C)=O)c1cn(SI)c2ncc(N3CCOC(C)C3)cc12. The number of fused-ring (bicyclic) bond motifs is 1. The van der Waals surface area contributed by atoms with Gasteiger partial charge in [-0.25, -0.2) is 4.98 Å². The van der Waals surface area contributed by atoms with Crippen LogP contribution in [0.3, 0.4) is 0 Å². The average molecular weight is 483 g/mol. The Bertz CT molecular complexity index is 875. The fraction of sp³-hybridized carbons (Fsp3) is 0.368. The van der Waals surface area contributed by atoms with E-state index in [0.29, 0.717) is 0 Å². The van der Waals surface area contributed by atoms with E-state index in [4.69, 9.17) is 9.72 Å². The second-order valence-electron chi connectivity index (χ2n) is 6.34. The molecule has 0 N–H and O–H groups in total. The predicted octanol–water partition coefficient (Wildman–Crippen LogP) is 4.66. The molecule has 1 aliphatic heterocycles. The summed E-state index contributed by atoms with van der Waals surface area (Å²) in [5, 5.41) is 1.05. The zero-order chi connectivity index (χ0) is 18.7. The third-order valence-corrected chi connectivity index (χ3v) is 5.99. The van der Waals surface area contributed by atoms with Gasteiger partial charge in [-0.05, 0) is 38.5 Å². The van der Waals surface area contributed by atoms with Gasteiger partial charge >= 0.3 is 0 Å². The first-order valence-corrected chi connectivity index (χ1v) is 11.9. The van der Waals surface area contributed by atoms with Gasteiger partial charge in [-0.1, -0.05) is 12.2 Å². The quantitative estimate of drug-likeness (QED) is 0.352. The number of morpholine rings is 1. The standard InChI is InChI=1S/C19H22IN3O2S/c1-4-5-15(8-13(2)24)18-12-23(26-20)19-17(18)9-16(10-21-19)22-6-7-25-14(3)11-22/h4-5,8-10,12,14H,6-7,11H2,1-3H3/b5-4-,15-8+. The van der Waals surface area contributed by atoms with Gasteiger partial charge in [-0.15, -0.1) is 0 Å². The Kier molecular flexibility index (Phi) is 6.42. The van der Waals surface area contributed by atoms with Crippen molar-refractivity contribution in [3.63, 3.8) is 0 Å². The Morgan fingerprint density at radius 3 is 2.96 bits per heavy atom. The first-order valence-electron chi connectivity index (χ1n) is 8.55. The Morgan fingerprint density at radius 2 is 2.31 bits per heavy atom. The van der Waals surface area contributed by atoms with Crippen molar-refractivity contribution in [1.29, 1.82) is 0 Å². The van der Waals surface area contributed by atoms with Crippen LogP contribution in [0, 0.1) is 0 Å². The first-order chi connectivity index (χ1) is 12.5. The highest BCUT2D eigenvalue weighted by Crippen LogP contribution is 2.34. The summed E-state index contributed by atoms with van der Waals surface area (Å²) < 4.78 is 7.69. The number of allylic oxidation sites excluding steroid dienone is 4. The number of carbonyl (C=O) groups excluding carboxylic acids is 1. The van der Waals surface area contributed by atoms with Gasteiger partial charge in [0.25, 0.3) is 0 Å². The van der Waals surface area contributed by atoms with Gasteiger partial charge in [0.1, 0.15) is 0 Å². The van der Waals surface area contributed by atoms with Gasteiger partial charge in [0, 0.05) is 60.6 Å². The smallest absolute Gasteiger partial charge is 0.153 e. The molecule has 3 heterocycles. The van der Waals surface area contributed by atoms with E-state index in [2.05, 4.69) is 45.3 Å². The van der Waals surface area contributed by atoms with Gasteiger partial charge < -0.3 is 9.64 Å². The minimum absolute atomic E-state index is 0.0345. The first kappa shape index (κ1) is 19.4. The number of ketones is 1. The fourth-order valence-electron chi connectivity index (χ4n) is 3.19. The van der Waals surface area contributed by atoms with Gasteiger partial charge in [-0.2, -0.15) is 0 Å². The summed E-state index contributed by atoms with van der Waals surface area (Å²) >= 11 is 2.25. The number of rotatable bonds is 5. The summed E-state index contributed by atoms with van der Waals surface area (Å²) in [7, 11) is 1.57. The van der Waals surface area contributed by atoms with Gasteiger partial charge in [0.2, 0.25) is 0 Å². The molecule has 1 atom stereocenters. The zero-order valence-corrected chi connectivity index (χ0v) is 18.1. The second-order valence-corrected chi connectivity index (χ2v) is 8.05. The summed E-state index contributed by atoms with van der Waals surface area (Å²) in [6.07, 6.45) is 9.80. The molecule has 0 amide bonds. The van der Waals surface area contributed by atoms with Gasteiger partial charge in [0.15, 0.2) is 11.4 Å². The van der Waals surface area contributed by atoms with Crippen LogP contribution in [0.2, 0.25) is 0 Å². The molecule has 0 aromatic carbocycles. The van der Waals surface area contributed by atoms with Crippen molar-refractivity contribution in [2.24, 2.45) is 0 Å². The van der Waals surface area contributed by atoms with Crippen molar-refractivity contribution in [3.8, 4) is 0 Å². The number of hydrogen-bond donors (Lipinski definition) is 0. The molecule has 0 bridgehead atoms. The van der Waals surface area contributed by atoms with E-state index >= 15 is 0 Å². The molecule has 2 aromatic heterocycles. The molecule has 1 fully saturated rings. The molecule has 5 nitrogen and oxygen atoms in total. The van der Waals surface area contributed by atoms with E-state index in [1.807, 2.05) is 29.2 Å². The Labute approximate surface area is 170 Å². The zero-order valence-electron chi connectivity index (χ0n) is 15.1. The van der Waals surface area contributed by atoms with Crippen LogP contribution in [0.25, 0.3) is 16.6 Å². The molecule has 138 valence electrons. The van der Waals surface area contributed by atoms with Gasteiger partial charge in [0.05, 0.1) is 24.6 Å². The number of carbonyl (C=O) groups is 1. The van der Waals surface area contributed by atoms with Crippen LogP contribution in [0.5, 0.6) is 0 Å². The summed E-state index contributed by atoms with van der Waals surface area (Å²) in [5.41, 5.74) is 3.92. The molecule has 7 heteroatoms. The second kappa shape index (κ2) is 8.58. The maximum atomic E-state index is 11.7. The van der Waals surface area contributed by atoms with Crippen LogP contribution >= 0.6 is 30.3 Å². The predicted molar refractivity (Wildman–Crippen MR) is 118 cm³/mol. The van der Waals surface area contributed by atoms with Crippen LogP contribution in [-0.2, 0) is 9.53 Å². The lowest BCUT2D eigenvalue weighted by molar-refractivity contribution is -0.112. The molecule has 0 radical (unpaired) electrons. The number of hydrogen-bond acceptors (Lipinski definition) is 5. The lowest BCUT2D eigenvalue weighted by atomic mass is 10.0. The molecule has 0 spiro atoms. The van der Waals surface area contributed by atoms with Crippen molar-refractivity contribution in [1.82, 2.24) is 8.96 Å². The minimum atomic E-state index is 0.0345. The molecule has 3 rings (SSSR count). The van der Waals surface area contributed by atoms with E-state index < -0.39 is 0 Å². The Morgan fingerprint density at radius 1 is 1.50 bits per heavy atom. The van der Waals surface area contributed by atoms with Crippen molar-refractivity contribution in [3.05, 3.63) is 42.3 Å². The van der Waals surface area contributed by atoms with Crippen LogP contribution in [0.4, 0.5) is 5.69 Å². The van der Waals surface area contributed by atoms with Crippen molar-refractivity contribution in [2.75, 3.05) is 24.6 Å². The van der Waals surface area contributed by atoms with Crippen LogP contribution in [0.1, 0.15) is 26.3 Å². The third-order valence-electron chi connectivity index (χ3n) is 4.29. The molecule has 0 aliphatic carbocycles. The highest BCUT2D eigenvalue weighted by molar-refractivity contribution is 14.2. The molecule has 2 aromatic rings. The molecule has 1 saturated heterocycles. The van der Waals surface area contributed by atoms with Crippen LogP contribution < -0.4 is 4.90 Å². The molecule has 1 unspecified atom stereocenters. The number of aromatic nitrogens is 2. The third kappa shape index (κ3) is 4.15. The topological polar surface area (TPSA) is 47.4 Å². The molecule has 0 saturated carbocycles. The summed E-state index contributed by atoms with van der Waals surface area (Å²) in [6.45, 7) is 8.07. The van der Waals surface area contributed by atoms with Crippen molar-refractivity contribution in [2.45, 2.75) is 26.9 Å². The average Bonchev–Trinajstić information content (AvgIpc) is 2.99. The van der Waals surface area contributed by atoms with E-state index in [9.17, 15) is 4.79 Å². The lowest BCUT2D eigenvalue weighted by Crippen LogP contribution is -2.41. The maximum Gasteiger partial charge on any atom is 0.153 e. The number of pyridine rings is 1. The number of ether oxygens (including phenoxy) is 1. The molecular weight excluding hydrogens is 461 g/mol. The maximum absolute atomic E-state index is 11.7. The summed E-state index contributed by atoms with van der Waals surface area (Å²) in [5.74, 6) is 0.0345. The van der Waals surface area contributed by atoms with E-state index in [0.717, 1.165) is 47.6 Å².